The molecule has 6 rings (SSSR count). The second kappa shape index (κ2) is 9.23. The van der Waals surface area contributed by atoms with E-state index in [0.29, 0.717) is 34.9 Å². The molecule has 1 aliphatic rings. The van der Waals surface area contributed by atoms with E-state index in [0.717, 1.165) is 46.3 Å². The van der Waals surface area contributed by atoms with Crippen LogP contribution in [0.1, 0.15) is 17.8 Å². The van der Waals surface area contributed by atoms with Crippen LogP contribution in [0.4, 0.5) is 5.82 Å². The molecule has 194 valence electrons. The largest absolute Gasteiger partial charge is 0.495 e. The first-order chi connectivity index (χ1) is 18.4. The lowest BCUT2D eigenvalue weighted by molar-refractivity contribution is 0.198. The first-order valence-electron chi connectivity index (χ1n) is 12.4. The fourth-order valence-electron chi connectivity index (χ4n) is 5.23. The number of pyridine rings is 3. The van der Waals surface area contributed by atoms with Crippen LogP contribution in [-0.4, -0.2) is 60.6 Å². The first-order valence-corrected chi connectivity index (χ1v) is 12.4. The molecule has 5 heterocycles. The van der Waals surface area contributed by atoms with Gasteiger partial charge >= 0.3 is 5.69 Å². The molecular weight excluding hydrogens is 484 g/mol. The molecular formula is C28H28N6O4. The molecule has 38 heavy (non-hydrogen) atoms. The Morgan fingerprint density at radius 3 is 2.66 bits per heavy atom. The number of β-amino-alcohol motifs (C(OH)–C–C–N with tert-alkyl or cyclic N) is 1. The van der Waals surface area contributed by atoms with E-state index in [4.69, 9.17) is 9.72 Å². The van der Waals surface area contributed by atoms with Crippen molar-refractivity contribution < 1.29 is 14.9 Å². The number of hydrogen-bond donors (Lipinski definition) is 2. The maximum Gasteiger partial charge on any atom is 0.333 e. The van der Waals surface area contributed by atoms with E-state index in [-0.39, 0.29) is 18.4 Å². The maximum atomic E-state index is 13.6. The fourth-order valence-corrected chi connectivity index (χ4v) is 5.23. The standard InChI is InChI=1S/C28H28N6O4/c1-16-23(6-7-26(31-16)33-9-8-19(36)14-33)34-27-20-10-17(18-11-25(38-3)22(15-35)29-12-18)4-5-21(20)30-13-24(27)32(2)28(34)37/h4-7,10-13,19,35-36H,8-9,14-15H2,1-3H3. The monoisotopic (exact) mass is 512 g/mol. The summed E-state index contributed by atoms with van der Waals surface area (Å²) in [5.74, 6) is 1.29. The third-order valence-corrected chi connectivity index (χ3v) is 7.29. The SMILES string of the molecule is COc1cc(-c2ccc3ncc4c(c3c2)n(-c2ccc(N3CCC(O)C3)nc2C)c(=O)n4C)cnc1CO. The van der Waals surface area contributed by atoms with Crippen LogP contribution >= 0.6 is 0 Å². The Balaban J connectivity index is 1.55. The third-order valence-electron chi connectivity index (χ3n) is 7.29. The highest BCUT2D eigenvalue weighted by atomic mass is 16.5. The lowest BCUT2D eigenvalue weighted by Crippen LogP contribution is -2.24. The maximum absolute atomic E-state index is 13.6. The van der Waals surface area contributed by atoms with Crippen molar-refractivity contribution >= 4 is 27.8 Å². The van der Waals surface area contributed by atoms with Gasteiger partial charge in [-0.05, 0) is 49.2 Å². The van der Waals surface area contributed by atoms with Gasteiger partial charge in [-0.3, -0.25) is 19.1 Å². The summed E-state index contributed by atoms with van der Waals surface area (Å²) in [7, 11) is 3.29. The van der Waals surface area contributed by atoms with Crippen LogP contribution in [0.25, 0.3) is 38.8 Å². The lowest BCUT2D eigenvalue weighted by atomic mass is 10.0. The molecule has 1 aliphatic heterocycles. The molecule has 0 spiro atoms. The molecule has 0 radical (unpaired) electrons. The number of nitrogens with zero attached hydrogens (tertiary/aromatic N) is 6. The Morgan fingerprint density at radius 2 is 1.95 bits per heavy atom. The van der Waals surface area contributed by atoms with Crippen molar-refractivity contribution in [1.29, 1.82) is 0 Å². The van der Waals surface area contributed by atoms with Gasteiger partial charge in [0.25, 0.3) is 0 Å². The Kier molecular flexibility index (Phi) is 5.85. The minimum atomic E-state index is -0.347. The van der Waals surface area contributed by atoms with Crippen LogP contribution in [0.15, 0.2) is 53.6 Å². The molecule has 1 fully saturated rings. The van der Waals surface area contributed by atoms with Gasteiger partial charge in [-0.1, -0.05) is 6.07 Å². The molecule has 2 N–H and O–H groups in total. The number of aliphatic hydroxyl groups is 2. The minimum absolute atomic E-state index is 0.190. The summed E-state index contributed by atoms with van der Waals surface area (Å²) in [4.78, 5) is 29.4. The number of methoxy groups -OCH3 is 1. The van der Waals surface area contributed by atoms with E-state index in [9.17, 15) is 15.0 Å². The van der Waals surface area contributed by atoms with Gasteiger partial charge in [0.1, 0.15) is 17.3 Å². The van der Waals surface area contributed by atoms with Crippen LogP contribution in [0, 0.1) is 6.92 Å². The number of anilines is 1. The molecule has 1 unspecified atom stereocenters. The van der Waals surface area contributed by atoms with Gasteiger partial charge in [-0.25, -0.2) is 9.78 Å². The summed E-state index contributed by atoms with van der Waals surface area (Å²) < 4.78 is 8.70. The first kappa shape index (κ1) is 24.1. The second-order valence-corrected chi connectivity index (χ2v) is 9.59. The fraction of sp³-hybridized carbons (Fsp3) is 0.286. The zero-order chi connectivity index (χ0) is 26.6. The summed E-state index contributed by atoms with van der Waals surface area (Å²) in [6, 6.07) is 11.5. The number of hydrogen-bond acceptors (Lipinski definition) is 8. The van der Waals surface area contributed by atoms with Crippen molar-refractivity contribution in [2.75, 3.05) is 25.1 Å². The highest BCUT2D eigenvalue weighted by Crippen LogP contribution is 2.32. The Labute approximate surface area is 218 Å². The number of aromatic nitrogens is 5. The zero-order valence-electron chi connectivity index (χ0n) is 21.4. The lowest BCUT2D eigenvalue weighted by Gasteiger charge is -2.18. The van der Waals surface area contributed by atoms with Crippen molar-refractivity contribution in [3.8, 4) is 22.6 Å². The Hall–Kier alpha value is -4.28. The van der Waals surface area contributed by atoms with Gasteiger partial charge in [-0.2, -0.15) is 0 Å². The number of benzene rings is 1. The highest BCUT2D eigenvalue weighted by Gasteiger charge is 2.23. The molecule has 1 aromatic carbocycles. The van der Waals surface area contributed by atoms with Crippen LogP contribution in [0.2, 0.25) is 0 Å². The quantitative estimate of drug-likeness (QED) is 0.369. The van der Waals surface area contributed by atoms with Crippen LogP contribution in [0.5, 0.6) is 5.75 Å². The van der Waals surface area contributed by atoms with E-state index in [1.165, 1.54) is 0 Å². The predicted molar refractivity (Wildman–Crippen MR) is 145 cm³/mol. The van der Waals surface area contributed by atoms with E-state index < -0.39 is 0 Å². The van der Waals surface area contributed by atoms with E-state index in [1.54, 1.807) is 35.7 Å². The van der Waals surface area contributed by atoms with E-state index in [2.05, 4.69) is 14.9 Å². The van der Waals surface area contributed by atoms with E-state index in [1.807, 2.05) is 43.3 Å². The molecule has 0 aliphatic carbocycles. The van der Waals surface area contributed by atoms with Gasteiger partial charge in [0, 0.05) is 37.3 Å². The average molecular weight is 513 g/mol. The number of imidazole rings is 1. The zero-order valence-corrected chi connectivity index (χ0v) is 21.4. The van der Waals surface area contributed by atoms with Crippen LogP contribution in [0.3, 0.4) is 0 Å². The summed E-state index contributed by atoms with van der Waals surface area (Å²) >= 11 is 0. The molecule has 1 atom stereocenters. The van der Waals surface area contributed by atoms with Crippen LogP contribution < -0.4 is 15.3 Å². The smallest absolute Gasteiger partial charge is 0.333 e. The number of rotatable bonds is 5. The Bertz CT molecular complexity index is 1760. The van der Waals surface area contributed by atoms with Crippen molar-refractivity contribution in [2.45, 2.75) is 26.1 Å². The van der Waals surface area contributed by atoms with Gasteiger partial charge in [-0.15, -0.1) is 0 Å². The normalized spacial score (nSPS) is 15.6. The topological polar surface area (TPSA) is 119 Å². The van der Waals surface area contributed by atoms with Crippen molar-refractivity contribution in [1.82, 2.24) is 24.1 Å². The van der Waals surface area contributed by atoms with Gasteiger partial charge in [0.05, 0.1) is 53.9 Å². The average Bonchev–Trinajstić information content (AvgIpc) is 3.48. The molecule has 1 saturated heterocycles. The Morgan fingerprint density at radius 1 is 1.11 bits per heavy atom. The molecule has 5 aromatic rings. The summed E-state index contributed by atoms with van der Waals surface area (Å²) in [6.07, 6.45) is 3.79. The summed E-state index contributed by atoms with van der Waals surface area (Å²) in [5, 5.41) is 20.3. The van der Waals surface area contributed by atoms with E-state index >= 15 is 0 Å². The van der Waals surface area contributed by atoms with Crippen LogP contribution in [-0.2, 0) is 13.7 Å². The van der Waals surface area contributed by atoms with Crippen molar-refractivity contribution in [3.63, 3.8) is 0 Å². The summed E-state index contributed by atoms with van der Waals surface area (Å²) in [5.41, 5.74) is 5.58. The number of aryl methyl sites for hydroxylation is 2. The molecule has 4 aromatic heterocycles. The van der Waals surface area contributed by atoms with Crippen molar-refractivity contribution in [2.24, 2.45) is 7.05 Å². The van der Waals surface area contributed by atoms with Gasteiger partial charge in [0.15, 0.2) is 0 Å². The highest BCUT2D eigenvalue weighted by molar-refractivity contribution is 6.04. The number of fused-ring (bicyclic) bond motifs is 3. The van der Waals surface area contributed by atoms with Gasteiger partial charge in [0.2, 0.25) is 0 Å². The number of ether oxygens (including phenoxy) is 1. The molecule has 10 nitrogen and oxygen atoms in total. The molecule has 10 heteroatoms. The molecule has 0 amide bonds. The second-order valence-electron chi connectivity index (χ2n) is 9.59. The molecule has 0 bridgehead atoms. The van der Waals surface area contributed by atoms with Gasteiger partial charge < -0.3 is 19.8 Å². The third kappa shape index (κ3) is 3.80. The minimum Gasteiger partial charge on any atom is -0.495 e. The predicted octanol–water partition coefficient (Wildman–Crippen LogP) is 2.71. The van der Waals surface area contributed by atoms with Crippen molar-refractivity contribution in [3.05, 3.63) is 70.7 Å². The molecule has 0 saturated carbocycles. The summed E-state index contributed by atoms with van der Waals surface area (Å²) in [6.45, 7) is 2.98. The number of aliphatic hydroxyl groups excluding tert-OH is 2.